The lowest BCUT2D eigenvalue weighted by Crippen LogP contribution is -2.44. The number of hydrogen-bond donors (Lipinski definition) is 2. The second-order valence-electron chi connectivity index (χ2n) is 8.11. The molecule has 0 bridgehead atoms. The molecule has 0 saturated carbocycles. The number of likely N-dealkylation sites (tertiary alicyclic amines) is 1. The number of aliphatic imine (C=N–C) groups is 1. The first-order chi connectivity index (χ1) is 14.3. The van der Waals surface area contributed by atoms with Crippen LogP contribution in [-0.2, 0) is 0 Å². The van der Waals surface area contributed by atoms with Crippen LogP contribution in [0.2, 0.25) is 5.02 Å². The van der Waals surface area contributed by atoms with Gasteiger partial charge in [-0.2, -0.15) is 0 Å². The van der Waals surface area contributed by atoms with Gasteiger partial charge < -0.3 is 20.4 Å². The van der Waals surface area contributed by atoms with Crippen molar-refractivity contribution < 1.29 is 0 Å². The third-order valence-corrected chi connectivity index (χ3v) is 6.06. The molecule has 0 radical (unpaired) electrons. The summed E-state index contributed by atoms with van der Waals surface area (Å²) in [6.07, 6.45) is 10.8. The van der Waals surface area contributed by atoms with Crippen molar-refractivity contribution in [2.45, 2.75) is 57.9 Å². The summed E-state index contributed by atoms with van der Waals surface area (Å²) in [7, 11) is 0. The Balaban J connectivity index is 1.37. The summed E-state index contributed by atoms with van der Waals surface area (Å²) < 4.78 is 0. The Morgan fingerprint density at radius 3 is 2.86 bits per heavy atom. The summed E-state index contributed by atoms with van der Waals surface area (Å²) >= 11 is 6.30. The van der Waals surface area contributed by atoms with Gasteiger partial charge in [0.05, 0.1) is 5.02 Å². The van der Waals surface area contributed by atoms with Gasteiger partial charge in [-0.1, -0.05) is 24.4 Å². The van der Waals surface area contributed by atoms with E-state index in [9.17, 15) is 0 Å². The average Bonchev–Trinajstić information content (AvgIpc) is 3.20. The number of piperidine rings is 1. The van der Waals surface area contributed by atoms with E-state index in [4.69, 9.17) is 16.6 Å². The summed E-state index contributed by atoms with van der Waals surface area (Å²) in [5.41, 5.74) is 0. The highest BCUT2D eigenvalue weighted by Crippen LogP contribution is 2.25. The molecule has 0 aromatic carbocycles. The number of halogens is 1. The molecule has 2 N–H and O–H groups in total. The Hall–Kier alpha value is -1.53. The molecule has 0 aliphatic carbocycles. The van der Waals surface area contributed by atoms with Crippen LogP contribution in [0, 0.1) is 0 Å². The Kier molecular flexibility index (Phi) is 9.35. The lowest BCUT2D eigenvalue weighted by atomic mass is 10.1. The van der Waals surface area contributed by atoms with Gasteiger partial charge in [0.1, 0.15) is 5.82 Å². The normalized spacial score (nSPS) is 20.8. The summed E-state index contributed by atoms with van der Waals surface area (Å²) in [5, 5.41) is 7.71. The Bertz CT molecular complexity index is 631. The van der Waals surface area contributed by atoms with E-state index in [-0.39, 0.29) is 0 Å². The molecular formula is C22H37ClN6. The largest absolute Gasteiger partial charge is 0.357 e. The Labute approximate surface area is 181 Å². The molecule has 2 aliphatic rings. The molecule has 1 aromatic heterocycles. The van der Waals surface area contributed by atoms with Gasteiger partial charge in [0.2, 0.25) is 0 Å². The quantitative estimate of drug-likeness (QED) is 0.363. The minimum atomic E-state index is 0.366. The predicted molar refractivity (Wildman–Crippen MR) is 123 cm³/mol. The van der Waals surface area contributed by atoms with Gasteiger partial charge in [0.25, 0.3) is 0 Å². The maximum atomic E-state index is 6.30. The number of anilines is 1. The summed E-state index contributed by atoms with van der Waals surface area (Å²) in [6, 6.07) is 4.15. The van der Waals surface area contributed by atoms with Crippen molar-refractivity contribution >= 4 is 23.4 Å². The molecule has 1 unspecified atom stereocenters. The fourth-order valence-electron chi connectivity index (χ4n) is 4.19. The molecule has 1 atom stereocenters. The standard InChI is InChI=1S/C22H37ClN6/c1-2-24-22(26-12-5-3-6-14-28-15-7-4-8-16-28)27-19-11-17-29(18-19)21-20(23)10-9-13-25-21/h9-10,13,19H,2-8,11-12,14-18H2,1H3,(H2,24,26,27). The smallest absolute Gasteiger partial charge is 0.191 e. The van der Waals surface area contributed by atoms with Gasteiger partial charge in [-0.3, -0.25) is 4.99 Å². The minimum absolute atomic E-state index is 0.366. The van der Waals surface area contributed by atoms with E-state index < -0.39 is 0 Å². The number of pyridine rings is 1. The summed E-state index contributed by atoms with van der Waals surface area (Å²) in [5.74, 6) is 1.82. The monoisotopic (exact) mass is 420 g/mol. The highest BCUT2D eigenvalue weighted by molar-refractivity contribution is 6.32. The van der Waals surface area contributed by atoms with Crippen LogP contribution in [0.3, 0.4) is 0 Å². The van der Waals surface area contributed by atoms with Crippen molar-refractivity contribution in [3.05, 3.63) is 23.4 Å². The summed E-state index contributed by atoms with van der Waals surface area (Å²) in [6.45, 7) is 9.60. The molecule has 0 amide bonds. The highest BCUT2D eigenvalue weighted by Gasteiger charge is 2.25. The molecule has 2 fully saturated rings. The number of aromatic nitrogens is 1. The SMILES string of the molecule is CCNC(=NCCCCCN1CCCCC1)NC1CCN(c2ncccc2Cl)C1. The molecule has 7 heteroatoms. The topological polar surface area (TPSA) is 55.8 Å². The average molecular weight is 421 g/mol. The molecule has 3 rings (SSSR count). The van der Waals surface area contributed by atoms with Crippen molar-refractivity contribution in [2.24, 2.45) is 4.99 Å². The van der Waals surface area contributed by atoms with Gasteiger partial charge in [-0.05, 0) is 70.8 Å². The number of guanidine groups is 1. The third kappa shape index (κ3) is 7.34. The van der Waals surface area contributed by atoms with Gasteiger partial charge in [0.15, 0.2) is 5.96 Å². The van der Waals surface area contributed by atoms with Crippen LogP contribution >= 0.6 is 11.6 Å². The second-order valence-corrected chi connectivity index (χ2v) is 8.52. The first-order valence-electron chi connectivity index (χ1n) is 11.4. The maximum absolute atomic E-state index is 6.30. The lowest BCUT2D eigenvalue weighted by molar-refractivity contribution is 0.224. The van der Waals surface area contributed by atoms with Gasteiger partial charge >= 0.3 is 0 Å². The zero-order valence-electron chi connectivity index (χ0n) is 17.9. The molecule has 3 heterocycles. The molecular weight excluding hydrogens is 384 g/mol. The molecule has 1 aromatic rings. The van der Waals surface area contributed by atoms with Crippen LogP contribution in [-0.4, -0.2) is 67.7 Å². The zero-order valence-corrected chi connectivity index (χ0v) is 18.6. The minimum Gasteiger partial charge on any atom is -0.357 e. The number of rotatable bonds is 9. The third-order valence-electron chi connectivity index (χ3n) is 5.76. The van der Waals surface area contributed by atoms with Crippen LogP contribution in [0.15, 0.2) is 23.3 Å². The molecule has 2 aliphatic heterocycles. The van der Waals surface area contributed by atoms with E-state index in [2.05, 4.69) is 32.3 Å². The molecule has 2 saturated heterocycles. The van der Waals surface area contributed by atoms with Gasteiger partial charge in [-0.15, -0.1) is 0 Å². The first-order valence-corrected chi connectivity index (χ1v) is 11.8. The van der Waals surface area contributed by atoms with Crippen molar-refractivity contribution in [1.82, 2.24) is 20.5 Å². The van der Waals surface area contributed by atoms with Crippen LogP contribution in [0.25, 0.3) is 0 Å². The number of unbranched alkanes of at least 4 members (excludes halogenated alkanes) is 2. The fraction of sp³-hybridized carbons (Fsp3) is 0.727. The Morgan fingerprint density at radius 2 is 2.07 bits per heavy atom. The van der Waals surface area contributed by atoms with Crippen LogP contribution < -0.4 is 15.5 Å². The van der Waals surface area contributed by atoms with Crippen LogP contribution in [0.1, 0.15) is 51.9 Å². The van der Waals surface area contributed by atoms with E-state index in [1.54, 1.807) is 6.20 Å². The highest BCUT2D eigenvalue weighted by atomic mass is 35.5. The van der Waals surface area contributed by atoms with E-state index in [0.29, 0.717) is 6.04 Å². The maximum Gasteiger partial charge on any atom is 0.191 e. The van der Waals surface area contributed by atoms with E-state index in [0.717, 1.165) is 55.8 Å². The van der Waals surface area contributed by atoms with Crippen molar-refractivity contribution in [3.8, 4) is 0 Å². The van der Waals surface area contributed by atoms with Crippen LogP contribution in [0.4, 0.5) is 5.82 Å². The number of nitrogens with one attached hydrogen (secondary N) is 2. The van der Waals surface area contributed by atoms with Crippen molar-refractivity contribution in [3.63, 3.8) is 0 Å². The molecule has 29 heavy (non-hydrogen) atoms. The molecule has 162 valence electrons. The Morgan fingerprint density at radius 1 is 1.21 bits per heavy atom. The predicted octanol–water partition coefficient (Wildman–Crippen LogP) is 3.53. The van der Waals surface area contributed by atoms with E-state index >= 15 is 0 Å². The van der Waals surface area contributed by atoms with E-state index in [1.165, 1.54) is 51.7 Å². The fourth-order valence-corrected chi connectivity index (χ4v) is 4.43. The lowest BCUT2D eigenvalue weighted by Gasteiger charge is -2.26. The summed E-state index contributed by atoms with van der Waals surface area (Å²) in [4.78, 5) is 14.1. The van der Waals surface area contributed by atoms with Crippen LogP contribution in [0.5, 0.6) is 0 Å². The number of nitrogens with zero attached hydrogens (tertiary/aromatic N) is 4. The van der Waals surface area contributed by atoms with Crippen molar-refractivity contribution in [1.29, 1.82) is 0 Å². The molecule has 6 nitrogen and oxygen atoms in total. The second kappa shape index (κ2) is 12.2. The molecule has 0 spiro atoms. The van der Waals surface area contributed by atoms with Crippen molar-refractivity contribution in [2.75, 3.05) is 50.7 Å². The zero-order chi connectivity index (χ0) is 20.3. The first kappa shape index (κ1) is 22.2. The number of hydrogen-bond acceptors (Lipinski definition) is 4. The van der Waals surface area contributed by atoms with E-state index in [1.807, 2.05) is 12.1 Å². The van der Waals surface area contributed by atoms with Gasteiger partial charge in [-0.25, -0.2) is 4.98 Å². The van der Waals surface area contributed by atoms with Gasteiger partial charge in [0, 0.05) is 38.4 Å².